The first-order valence-corrected chi connectivity index (χ1v) is 6.42. The van der Waals surface area contributed by atoms with E-state index in [1.165, 1.54) is 4.90 Å². The van der Waals surface area contributed by atoms with Crippen LogP contribution in [0.2, 0.25) is 0 Å². The van der Waals surface area contributed by atoms with Crippen LogP contribution >= 0.6 is 11.6 Å². The highest BCUT2D eigenvalue weighted by Gasteiger charge is 2.39. The molecule has 104 valence electrons. The normalized spacial score (nSPS) is 23.8. The number of rotatable bonds is 3. The number of Topliss-reactive ketones (excluding diaryl/α,β-unsaturated/α-hetero) is 1. The van der Waals surface area contributed by atoms with E-state index in [9.17, 15) is 9.59 Å². The number of halogens is 1. The number of ether oxygens (including phenoxy) is 2. The Morgan fingerprint density at radius 1 is 1.39 bits per heavy atom. The van der Waals surface area contributed by atoms with Crippen LogP contribution in [0.25, 0.3) is 0 Å². The Balaban J connectivity index is 2.68. The summed E-state index contributed by atoms with van der Waals surface area (Å²) in [5.41, 5.74) is -0.559. The van der Waals surface area contributed by atoms with Crippen molar-refractivity contribution in [3.05, 3.63) is 0 Å². The van der Waals surface area contributed by atoms with Crippen molar-refractivity contribution in [3.8, 4) is 0 Å². The Hall–Kier alpha value is -0.810. The number of amides is 1. The maximum Gasteiger partial charge on any atom is 0.410 e. The summed E-state index contributed by atoms with van der Waals surface area (Å²) in [5, 5.41) is 0. The van der Waals surface area contributed by atoms with Crippen LogP contribution in [-0.4, -0.2) is 54.6 Å². The van der Waals surface area contributed by atoms with Crippen molar-refractivity contribution in [3.63, 3.8) is 0 Å². The molecule has 0 aliphatic carbocycles. The predicted molar refractivity (Wildman–Crippen MR) is 67.8 cm³/mol. The first kappa shape index (κ1) is 15.2. The van der Waals surface area contributed by atoms with Crippen molar-refractivity contribution in [2.75, 3.05) is 26.1 Å². The number of hydrogen-bond donors (Lipinski definition) is 0. The van der Waals surface area contributed by atoms with Crippen LogP contribution in [0, 0.1) is 5.92 Å². The molecule has 1 aliphatic heterocycles. The number of ketones is 1. The molecule has 0 spiro atoms. The molecule has 0 radical (unpaired) electrons. The van der Waals surface area contributed by atoms with Gasteiger partial charge in [0.2, 0.25) is 0 Å². The van der Waals surface area contributed by atoms with Gasteiger partial charge < -0.3 is 14.4 Å². The Kier molecular flexibility index (Phi) is 4.99. The standard InChI is InChI=1S/C12H20ClNO4/c1-12(2,3)18-11(16)14(4)9-7-17-6-8(9)10(15)5-13/h8-9H,5-7H2,1-4H3. The predicted octanol–water partition coefficient (Wildman–Crippen LogP) is 1.68. The molecule has 2 unspecified atom stereocenters. The van der Waals surface area contributed by atoms with Crippen molar-refractivity contribution < 1.29 is 19.1 Å². The maximum atomic E-state index is 11.9. The van der Waals surface area contributed by atoms with Crippen LogP contribution in [0.3, 0.4) is 0 Å². The number of hydrogen-bond acceptors (Lipinski definition) is 4. The van der Waals surface area contributed by atoms with Gasteiger partial charge in [-0.1, -0.05) is 0 Å². The minimum Gasteiger partial charge on any atom is -0.444 e. The zero-order valence-corrected chi connectivity index (χ0v) is 12.0. The van der Waals surface area contributed by atoms with Gasteiger partial charge in [0.15, 0.2) is 5.78 Å². The molecule has 1 fully saturated rings. The number of carbonyl (C=O) groups excluding carboxylic acids is 2. The van der Waals surface area contributed by atoms with E-state index in [4.69, 9.17) is 21.1 Å². The SMILES string of the molecule is CN(C(=O)OC(C)(C)C)C1COCC1C(=O)CCl. The first-order valence-electron chi connectivity index (χ1n) is 5.88. The number of likely N-dealkylation sites (N-methyl/N-ethyl adjacent to an activating group) is 1. The molecule has 0 bridgehead atoms. The van der Waals surface area contributed by atoms with E-state index in [1.807, 2.05) is 0 Å². The molecule has 6 heteroatoms. The van der Waals surface area contributed by atoms with Crippen LogP contribution in [-0.2, 0) is 14.3 Å². The monoisotopic (exact) mass is 277 g/mol. The number of carbonyl (C=O) groups is 2. The van der Waals surface area contributed by atoms with Crippen LogP contribution in [0.5, 0.6) is 0 Å². The molecule has 0 aromatic carbocycles. The van der Waals surface area contributed by atoms with Gasteiger partial charge in [-0.05, 0) is 20.8 Å². The van der Waals surface area contributed by atoms with E-state index in [0.29, 0.717) is 13.2 Å². The molecule has 1 rings (SSSR count). The third-order valence-corrected chi connectivity index (χ3v) is 3.04. The minimum atomic E-state index is -0.559. The van der Waals surface area contributed by atoms with E-state index in [0.717, 1.165) is 0 Å². The van der Waals surface area contributed by atoms with Gasteiger partial charge in [-0.3, -0.25) is 4.79 Å². The minimum absolute atomic E-state index is 0.0628. The zero-order chi connectivity index (χ0) is 13.9. The zero-order valence-electron chi connectivity index (χ0n) is 11.2. The summed E-state index contributed by atoms with van der Waals surface area (Å²) in [6, 6.07) is -0.300. The summed E-state index contributed by atoms with van der Waals surface area (Å²) in [6.45, 7) is 6.04. The quantitative estimate of drug-likeness (QED) is 0.737. The Morgan fingerprint density at radius 3 is 2.50 bits per heavy atom. The van der Waals surface area contributed by atoms with Crippen molar-refractivity contribution in [1.82, 2.24) is 4.90 Å². The largest absolute Gasteiger partial charge is 0.444 e. The van der Waals surface area contributed by atoms with Crippen LogP contribution in [0.15, 0.2) is 0 Å². The van der Waals surface area contributed by atoms with Crippen LogP contribution < -0.4 is 0 Å². The van der Waals surface area contributed by atoms with Gasteiger partial charge in [0, 0.05) is 7.05 Å². The highest BCUT2D eigenvalue weighted by Crippen LogP contribution is 2.22. The van der Waals surface area contributed by atoms with Crippen molar-refractivity contribution in [1.29, 1.82) is 0 Å². The molecule has 5 nitrogen and oxygen atoms in total. The van der Waals surface area contributed by atoms with Crippen LogP contribution in [0.4, 0.5) is 4.79 Å². The van der Waals surface area contributed by atoms with Gasteiger partial charge in [0.05, 0.1) is 31.1 Å². The second kappa shape index (κ2) is 5.89. The fourth-order valence-electron chi connectivity index (χ4n) is 1.80. The maximum absolute atomic E-state index is 11.9. The lowest BCUT2D eigenvalue weighted by Crippen LogP contribution is -2.46. The molecule has 1 heterocycles. The Labute approximate surface area is 112 Å². The molecular weight excluding hydrogens is 258 g/mol. The van der Waals surface area contributed by atoms with Gasteiger partial charge in [-0.25, -0.2) is 4.79 Å². The fraction of sp³-hybridized carbons (Fsp3) is 0.833. The molecule has 0 saturated carbocycles. The van der Waals surface area contributed by atoms with Gasteiger partial charge in [0.1, 0.15) is 5.60 Å². The second-order valence-electron chi connectivity index (χ2n) is 5.40. The summed E-state index contributed by atoms with van der Waals surface area (Å²) in [4.78, 5) is 25.0. The molecular formula is C12H20ClNO4. The average molecular weight is 278 g/mol. The van der Waals surface area contributed by atoms with E-state index < -0.39 is 11.7 Å². The molecule has 18 heavy (non-hydrogen) atoms. The van der Waals surface area contributed by atoms with Crippen molar-refractivity contribution >= 4 is 23.5 Å². The Morgan fingerprint density at radius 2 is 2.00 bits per heavy atom. The number of nitrogens with zero attached hydrogens (tertiary/aromatic N) is 1. The summed E-state index contributed by atoms with van der Waals surface area (Å²) < 4.78 is 10.5. The molecule has 2 atom stereocenters. The third-order valence-electron chi connectivity index (χ3n) is 2.77. The van der Waals surface area contributed by atoms with Gasteiger partial charge >= 0.3 is 6.09 Å². The molecule has 0 aromatic heterocycles. The fourth-order valence-corrected chi connectivity index (χ4v) is 2.00. The van der Waals surface area contributed by atoms with Gasteiger partial charge in [0.25, 0.3) is 0 Å². The van der Waals surface area contributed by atoms with Gasteiger partial charge in [-0.15, -0.1) is 11.6 Å². The average Bonchev–Trinajstić information content (AvgIpc) is 2.73. The van der Waals surface area contributed by atoms with Gasteiger partial charge in [-0.2, -0.15) is 0 Å². The molecule has 0 aromatic rings. The smallest absolute Gasteiger partial charge is 0.410 e. The van der Waals surface area contributed by atoms with E-state index in [1.54, 1.807) is 27.8 Å². The summed E-state index contributed by atoms with van der Waals surface area (Å²) in [6.07, 6.45) is -0.453. The van der Waals surface area contributed by atoms with E-state index in [-0.39, 0.29) is 23.6 Å². The summed E-state index contributed by atoms with van der Waals surface area (Å²) >= 11 is 5.55. The lowest BCUT2D eigenvalue weighted by Gasteiger charge is -2.30. The third kappa shape index (κ3) is 3.85. The van der Waals surface area contributed by atoms with E-state index in [2.05, 4.69) is 0 Å². The molecule has 1 aliphatic rings. The van der Waals surface area contributed by atoms with Crippen molar-refractivity contribution in [2.45, 2.75) is 32.4 Å². The second-order valence-corrected chi connectivity index (χ2v) is 5.67. The molecule has 0 N–H and O–H groups in total. The van der Waals surface area contributed by atoms with Crippen molar-refractivity contribution in [2.24, 2.45) is 5.92 Å². The molecule has 1 amide bonds. The highest BCUT2D eigenvalue weighted by atomic mass is 35.5. The topological polar surface area (TPSA) is 55.8 Å². The lowest BCUT2D eigenvalue weighted by molar-refractivity contribution is -0.121. The molecule has 1 saturated heterocycles. The van der Waals surface area contributed by atoms with E-state index >= 15 is 0 Å². The lowest BCUT2D eigenvalue weighted by atomic mass is 9.99. The Bertz CT molecular complexity index is 327. The highest BCUT2D eigenvalue weighted by molar-refractivity contribution is 6.28. The summed E-state index contributed by atoms with van der Waals surface area (Å²) in [7, 11) is 1.61. The summed E-state index contributed by atoms with van der Waals surface area (Å²) in [5.74, 6) is -0.526. The van der Waals surface area contributed by atoms with Crippen LogP contribution in [0.1, 0.15) is 20.8 Å². The number of alkyl halides is 1. The first-order chi connectivity index (χ1) is 8.26.